The number of hydrogen-bond acceptors (Lipinski definition) is 3. The number of nitrogens with one attached hydrogen (secondary N) is 1. The highest BCUT2D eigenvalue weighted by Gasteiger charge is 2.29. The van der Waals surface area contributed by atoms with E-state index < -0.39 is 0 Å². The quantitative estimate of drug-likeness (QED) is 0.860. The van der Waals surface area contributed by atoms with E-state index in [1.165, 1.54) is 0 Å². The zero-order valence-electron chi connectivity index (χ0n) is 12.9. The smallest absolute Gasteiger partial charge is 0.241 e. The number of carbonyl (C=O) groups is 1. The van der Waals surface area contributed by atoms with Crippen molar-refractivity contribution in [2.45, 2.75) is 38.3 Å². The van der Waals surface area contributed by atoms with Gasteiger partial charge in [-0.3, -0.25) is 9.69 Å². The Morgan fingerprint density at radius 1 is 1.45 bits per heavy atom. The predicted molar refractivity (Wildman–Crippen MR) is 90.5 cm³/mol. The van der Waals surface area contributed by atoms with Gasteiger partial charge in [0, 0.05) is 6.54 Å². The van der Waals surface area contributed by atoms with Gasteiger partial charge in [-0.25, -0.2) is 0 Å². The monoisotopic (exact) mass is 344 g/mol. The number of rotatable bonds is 5. The Labute approximate surface area is 141 Å². The Morgan fingerprint density at radius 3 is 2.82 bits per heavy atom. The average Bonchev–Trinajstić information content (AvgIpc) is 2.88. The molecule has 122 valence electrons. The Bertz CT molecular complexity index is 539. The number of aliphatic hydroxyl groups excluding tert-OH is 1. The number of halogens is 2. The molecule has 2 rings (SSSR count). The van der Waals surface area contributed by atoms with E-state index in [2.05, 4.69) is 5.32 Å². The number of nitrogens with zero attached hydrogens (tertiary/aromatic N) is 1. The van der Waals surface area contributed by atoms with Crippen molar-refractivity contribution in [3.63, 3.8) is 0 Å². The minimum Gasteiger partial charge on any atom is -0.393 e. The molecule has 1 aromatic carbocycles. The van der Waals surface area contributed by atoms with Crippen LogP contribution in [0.15, 0.2) is 18.2 Å². The molecule has 22 heavy (non-hydrogen) atoms. The van der Waals surface area contributed by atoms with Crippen LogP contribution in [0.2, 0.25) is 10.0 Å². The van der Waals surface area contributed by atoms with Gasteiger partial charge in [-0.2, -0.15) is 0 Å². The first-order valence-electron chi connectivity index (χ1n) is 7.53. The van der Waals surface area contributed by atoms with E-state index >= 15 is 0 Å². The summed E-state index contributed by atoms with van der Waals surface area (Å²) < 4.78 is 0. The van der Waals surface area contributed by atoms with Gasteiger partial charge >= 0.3 is 0 Å². The molecule has 3 unspecified atom stereocenters. The summed E-state index contributed by atoms with van der Waals surface area (Å²) in [6.07, 6.45) is 2.68. The molecule has 1 saturated carbocycles. The highest BCUT2D eigenvalue weighted by Crippen LogP contribution is 2.30. The number of hydrogen-bond donors (Lipinski definition) is 2. The molecule has 0 aromatic heterocycles. The van der Waals surface area contributed by atoms with Gasteiger partial charge in [0.1, 0.15) is 0 Å². The predicted octanol–water partition coefficient (Wildman–Crippen LogP) is 3.41. The SMILES string of the molecule is CC(C(=O)Nc1cccc(Cl)c1Cl)N(C)CC1CCCC1O. The summed E-state index contributed by atoms with van der Waals surface area (Å²) in [7, 11) is 1.90. The lowest BCUT2D eigenvalue weighted by Crippen LogP contribution is -2.43. The summed E-state index contributed by atoms with van der Waals surface area (Å²) in [5.74, 6) is 0.106. The third-order valence-electron chi connectivity index (χ3n) is 4.39. The lowest BCUT2D eigenvalue weighted by molar-refractivity contribution is -0.120. The fourth-order valence-corrected chi connectivity index (χ4v) is 3.14. The van der Waals surface area contributed by atoms with E-state index in [0.29, 0.717) is 22.3 Å². The van der Waals surface area contributed by atoms with Crippen LogP contribution in [-0.4, -0.2) is 41.7 Å². The fraction of sp³-hybridized carbons (Fsp3) is 0.562. The van der Waals surface area contributed by atoms with Crippen molar-refractivity contribution < 1.29 is 9.90 Å². The van der Waals surface area contributed by atoms with Crippen LogP contribution >= 0.6 is 23.2 Å². The molecule has 3 atom stereocenters. The van der Waals surface area contributed by atoms with Crippen molar-refractivity contribution in [3.8, 4) is 0 Å². The van der Waals surface area contributed by atoms with Gasteiger partial charge in [0.25, 0.3) is 0 Å². The summed E-state index contributed by atoms with van der Waals surface area (Å²) >= 11 is 12.0. The second kappa shape index (κ2) is 7.64. The molecule has 1 aliphatic rings. The van der Waals surface area contributed by atoms with Crippen molar-refractivity contribution in [3.05, 3.63) is 28.2 Å². The van der Waals surface area contributed by atoms with E-state index in [-0.39, 0.29) is 24.0 Å². The molecule has 0 spiro atoms. The van der Waals surface area contributed by atoms with Gasteiger partial charge in [-0.1, -0.05) is 35.7 Å². The first kappa shape index (κ1) is 17.5. The van der Waals surface area contributed by atoms with Gasteiger partial charge < -0.3 is 10.4 Å². The molecule has 1 amide bonds. The van der Waals surface area contributed by atoms with Crippen LogP contribution in [0.5, 0.6) is 0 Å². The molecule has 0 saturated heterocycles. The third-order valence-corrected chi connectivity index (χ3v) is 5.21. The number of anilines is 1. The molecule has 0 bridgehead atoms. The largest absolute Gasteiger partial charge is 0.393 e. The summed E-state index contributed by atoms with van der Waals surface area (Å²) in [5, 5.41) is 13.5. The summed E-state index contributed by atoms with van der Waals surface area (Å²) in [6.45, 7) is 2.55. The average molecular weight is 345 g/mol. The van der Waals surface area contributed by atoms with Crippen LogP contribution in [0.4, 0.5) is 5.69 Å². The highest BCUT2D eigenvalue weighted by molar-refractivity contribution is 6.44. The van der Waals surface area contributed by atoms with Crippen LogP contribution in [0.1, 0.15) is 26.2 Å². The van der Waals surface area contributed by atoms with Gasteiger partial charge in [0.2, 0.25) is 5.91 Å². The van der Waals surface area contributed by atoms with Crippen molar-refractivity contribution in [2.24, 2.45) is 5.92 Å². The Balaban J connectivity index is 1.95. The Kier molecular flexibility index (Phi) is 6.09. The second-order valence-corrected chi connectivity index (χ2v) is 6.75. The van der Waals surface area contributed by atoms with Crippen LogP contribution in [0.25, 0.3) is 0 Å². The van der Waals surface area contributed by atoms with E-state index in [9.17, 15) is 9.90 Å². The highest BCUT2D eigenvalue weighted by atomic mass is 35.5. The Hall–Kier alpha value is -0.810. The summed E-state index contributed by atoms with van der Waals surface area (Å²) in [5.41, 5.74) is 0.514. The lowest BCUT2D eigenvalue weighted by atomic mass is 10.0. The van der Waals surface area contributed by atoms with E-state index in [4.69, 9.17) is 23.2 Å². The number of aliphatic hydroxyl groups is 1. The van der Waals surface area contributed by atoms with E-state index in [1.54, 1.807) is 18.2 Å². The van der Waals surface area contributed by atoms with Crippen LogP contribution in [-0.2, 0) is 4.79 Å². The molecule has 6 heteroatoms. The van der Waals surface area contributed by atoms with Gasteiger partial charge in [-0.05, 0) is 44.9 Å². The maximum absolute atomic E-state index is 12.4. The molecular formula is C16H22Cl2N2O2. The number of likely N-dealkylation sites (N-methyl/N-ethyl adjacent to an activating group) is 1. The zero-order chi connectivity index (χ0) is 16.3. The third kappa shape index (κ3) is 4.13. The van der Waals surface area contributed by atoms with E-state index in [0.717, 1.165) is 19.3 Å². The molecule has 2 N–H and O–H groups in total. The van der Waals surface area contributed by atoms with Crippen molar-refractivity contribution in [1.29, 1.82) is 0 Å². The van der Waals surface area contributed by atoms with Gasteiger partial charge in [0.05, 0.1) is 27.9 Å². The number of amides is 1. The first-order chi connectivity index (χ1) is 10.4. The summed E-state index contributed by atoms with van der Waals surface area (Å²) in [4.78, 5) is 14.3. The molecule has 0 heterocycles. The van der Waals surface area contributed by atoms with Gasteiger partial charge in [-0.15, -0.1) is 0 Å². The first-order valence-corrected chi connectivity index (χ1v) is 8.29. The normalized spacial score (nSPS) is 22.8. The van der Waals surface area contributed by atoms with Crippen molar-refractivity contribution in [1.82, 2.24) is 4.90 Å². The Morgan fingerprint density at radius 2 is 2.18 bits per heavy atom. The minimum absolute atomic E-state index is 0.140. The maximum atomic E-state index is 12.4. The molecule has 1 fully saturated rings. The van der Waals surface area contributed by atoms with Crippen molar-refractivity contribution >= 4 is 34.8 Å². The molecule has 1 aliphatic carbocycles. The lowest BCUT2D eigenvalue weighted by Gasteiger charge is -2.28. The molecule has 4 nitrogen and oxygen atoms in total. The van der Waals surface area contributed by atoms with Crippen molar-refractivity contribution in [2.75, 3.05) is 18.9 Å². The maximum Gasteiger partial charge on any atom is 0.241 e. The standard InChI is InChI=1S/C16H22Cl2N2O2/c1-10(20(2)9-11-5-3-8-14(11)21)16(22)19-13-7-4-6-12(17)15(13)18/h4,6-7,10-11,14,21H,3,5,8-9H2,1-2H3,(H,19,22). The number of carbonyl (C=O) groups excluding carboxylic acids is 1. The molecular weight excluding hydrogens is 323 g/mol. The minimum atomic E-state index is -0.317. The topological polar surface area (TPSA) is 52.6 Å². The molecule has 1 aromatic rings. The summed E-state index contributed by atoms with van der Waals surface area (Å²) in [6, 6.07) is 4.83. The zero-order valence-corrected chi connectivity index (χ0v) is 14.4. The van der Waals surface area contributed by atoms with Gasteiger partial charge in [0.15, 0.2) is 0 Å². The van der Waals surface area contributed by atoms with Crippen LogP contribution in [0.3, 0.4) is 0 Å². The molecule has 0 aliphatic heterocycles. The van der Waals surface area contributed by atoms with Crippen LogP contribution < -0.4 is 5.32 Å². The van der Waals surface area contributed by atoms with E-state index in [1.807, 2.05) is 18.9 Å². The fourth-order valence-electron chi connectivity index (χ4n) is 2.80. The number of benzene rings is 1. The molecule has 0 radical (unpaired) electrons. The second-order valence-electron chi connectivity index (χ2n) is 5.96. The van der Waals surface area contributed by atoms with Crippen LogP contribution in [0, 0.1) is 5.92 Å².